The van der Waals surface area contributed by atoms with Crippen molar-refractivity contribution in [2.75, 3.05) is 24.0 Å². The zero-order valence-electron chi connectivity index (χ0n) is 15.2. The van der Waals surface area contributed by atoms with Gasteiger partial charge in [0.05, 0.1) is 17.2 Å². The topological polar surface area (TPSA) is 75.7 Å². The molecule has 2 aromatic carbocycles. The van der Waals surface area contributed by atoms with Gasteiger partial charge in [0.1, 0.15) is 12.3 Å². The number of carbonyl (C=O) groups is 1. The number of sulfonamides is 1. The zero-order valence-corrected chi connectivity index (χ0v) is 16.0. The maximum absolute atomic E-state index is 13.1. The summed E-state index contributed by atoms with van der Waals surface area (Å²) in [6.07, 6.45) is 0. The van der Waals surface area contributed by atoms with Crippen LogP contribution in [0.2, 0.25) is 0 Å². The van der Waals surface area contributed by atoms with Gasteiger partial charge in [-0.05, 0) is 57.2 Å². The first-order valence-electron chi connectivity index (χ1n) is 8.47. The van der Waals surface area contributed by atoms with Crippen LogP contribution in [0, 0.1) is 6.92 Å². The molecule has 0 aliphatic rings. The van der Waals surface area contributed by atoms with Crippen molar-refractivity contribution in [3.8, 4) is 5.75 Å². The van der Waals surface area contributed by atoms with Crippen LogP contribution >= 0.6 is 0 Å². The van der Waals surface area contributed by atoms with Crippen molar-refractivity contribution in [3.05, 3.63) is 54.1 Å². The average molecular weight is 376 g/mol. The van der Waals surface area contributed by atoms with Crippen LogP contribution in [0.15, 0.2) is 53.4 Å². The second-order valence-electron chi connectivity index (χ2n) is 5.71. The van der Waals surface area contributed by atoms with Crippen LogP contribution in [-0.4, -0.2) is 34.0 Å². The summed E-state index contributed by atoms with van der Waals surface area (Å²) in [4.78, 5) is 12.2. The minimum atomic E-state index is -3.88. The molecule has 0 spiro atoms. The van der Waals surface area contributed by atoms with Gasteiger partial charge in [-0.25, -0.2) is 8.42 Å². The van der Waals surface area contributed by atoms with Crippen molar-refractivity contribution in [2.45, 2.75) is 25.7 Å². The second-order valence-corrected chi connectivity index (χ2v) is 7.57. The van der Waals surface area contributed by atoms with Crippen molar-refractivity contribution in [3.63, 3.8) is 0 Å². The lowest BCUT2D eigenvalue weighted by Gasteiger charge is -2.24. The third kappa shape index (κ3) is 4.76. The fourth-order valence-electron chi connectivity index (χ4n) is 2.41. The summed E-state index contributed by atoms with van der Waals surface area (Å²) < 4.78 is 32.7. The Morgan fingerprint density at radius 3 is 2.19 bits per heavy atom. The lowest BCUT2D eigenvalue weighted by Crippen LogP contribution is -2.40. The third-order valence-corrected chi connectivity index (χ3v) is 5.49. The summed E-state index contributed by atoms with van der Waals surface area (Å²) in [5.41, 5.74) is 1.36. The first-order valence-corrected chi connectivity index (χ1v) is 9.91. The molecule has 26 heavy (non-hydrogen) atoms. The lowest BCUT2D eigenvalue weighted by atomic mass is 10.2. The number of hydrogen-bond donors (Lipinski definition) is 1. The van der Waals surface area contributed by atoms with E-state index in [4.69, 9.17) is 4.74 Å². The fourth-order valence-corrected chi connectivity index (χ4v) is 3.83. The number of ether oxygens (including phenoxy) is 1. The number of nitrogens with one attached hydrogen (secondary N) is 1. The monoisotopic (exact) mass is 376 g/mol. The minimum Gasteiger partial charge on any atom is -0.494 e. The highest BCUT2D eigenvalue weighted by molar-refractivity contribution is 7.92. The molecule has 0 fully saturated rings. The van der Waals surface area contributed by atoms with E-state index in [-0.39, 0.29) is 17.3 Å². The Morgan fingerprint density at radius 1 is 1.04 bits per heavy atom. The smallest absolute Gasteiger partial charge is 0.264 e. The van der Waals surface area contributed by atoms with Crippen molar-refractivity contribution >= 4 is 21.6 Å². The lowest BCUT2D eigenvalue weighted by molar-refractivity contribution is -0.119. The first-order chi connectivity index (χ1) is 12.4. The highest BCUT2D eigenvalue weighted by atomic mass is 32.2. The van der Waals surface area contributed by atoms with Gasteiger partial charge in [0, 0.05) is 6.54 Å². The first kappa shape index (κ1) is 19.8. The summed E-state index contributed by atoms with van der Waals surface area (Å²) in [6.45, 7) is 6.20. The van der Waals surface area contributed by atoms with Gasteiger partial charge in [-0.3, -0.25) is 9.10 Å². The highest BCUT2D eigenvalue weighted by Crippen LogP contribution is 2.26. The molecule has 2 aromatic rings. The van der Waals surface area contributed by atoms with Crippen LogP contribution in [0.5, 0.6) is 5.75 Å². The second kappa shape index (κ2) is 8.71. The van der Waals surface area contributed by atoms with Gasteiger partial charge < -0.3 is 10.1 Å². The fraction of sp³-hybridized carbons (Fsp3) is 0.316. The van der Waals surface area contributed by atoms with Crippen molar-refractivity contribution in [1.29, 1.82) is 0 Å². The molecule has 7 heteroatoms. The normalized spacial score (nSPS) is 11.0. The Balaban J connectivity index is 2.42. The molecular formula is C19H24N2O4S. The molecule has 1 N–H and O–H groups in total. The molecule has 1 amide bonds. The number of likely N-dealkylation sites (N-methyl/N-ethyl adjacent to an activating group) is 1. The molecule has 0 unspecified atom stereocenters. The van der Waals surface area contributed by atoms with Gasteiger partial charge in [-0.2, -0.15) is 0 Å². The molecule has 0 aliphatic carbocycles. The SMILES string of the molecule is CCNC(=O)CN(c1ccc(OCC)cc1)S(=O)(=O)c1ccc(C)cc1. The molecule has 6 nitrogen and oxygen atoms in total. The van der Waals surface area contributed by atoms with E-state index >= 15 is 0 Å². The number of benzene rings is 2. The van der Waals surface area contributed by atoms with Crippen molar-refractivity contribution in [1.82, 2.24) is 5.32 Å². The Morgan fingerprint density at radius 2 is 1.65 bits per heavy atom. The van der Waals surface area contributed by atoms with Gasteiger partial charge in [0.25, 0.3) is 10.0 Å². The number of anilines is 1. The number of rotatable bonds is 8. The molecule has 0 atom stereocenters. The quantitative estimate of drug-likeness (QED) is 0.769. The van der Waals surface area contributed by atoms with Gasteiger partial charge in [-0.1, -0.05) is 17.7 Å². The van der Waals surface area contributed by atoms with E-state index < -0.39 is 10.0 Å². The van der Waals surface area contributed by atoms with Crippen molar-refractivity contribution in [2.24, 2.45) is 0 Å². The maximum Gasteiger partial charge on any atom is 0.264 e. The standard InChI is InChI=1S/C19H24N2O4S/c1-4-20-19(22)14-21(16-8-10-17(11-9-16)25-5-2)26(23,24)18-12-6-15(3)7-13-18/h6-13H,4-5,14H2,1-3H3,(H,20,22). The van der Waals surface area contributed by atoms with Crippen LogP contribution in [0.3, 0.4) is 0 Å². The molecule has 2 rings (SSSR count). The van der Waals surface area contributed by atoms with Gasteiger partial charge >= 0.3 is 0 Å². The summed E-state index contributed by atoms with van der Waals surface area (Å²) in [7, 11) is -3.88. The Hall–Kier alpha value is -2.54. The third-order valence-electron chi connectivity index (χ3n) is 3.71. The molecular weight excluding hydrogens is 352 g/mol. The van der Waals surface area contributed by atoms with Crippen LogP contribution in [0.25, 0.3) is 0 Å². The summed E-state index contributed by atoms with van der Waals surface area (Å²) >= 11 is 0. The number of hydrogen-bond acceptors (Lipinski definition) is 4. The summed E-state index contributed by atoms with van der Waals surface area (Å²) in [5.74, 6) is 0.277. The molecule has 0 saturated carbocycles. The Kier molecular flexibility index (Phi) is 6.63. The van der Waals surface area contributed by atoms with E-state index in [2.05, 4.69) is 5.32 Å². The zero-order chi connectivity index (χ0) is 19.2. The van der Waals surface area contributed by atoms with Crippen molar-refractivity contribution < 1.29 is 17.9 Å². The molecule has 0 aliphatic heterocycles. The number of carbonyl (C=O) groups excluding carboxylic acids is 1. The summed E-state index contributed by atoms with van der Waals surface area (Å²) in [5, 5.41) is 2.64. The van der Waals surface area contributed by atoms with E-state index in [1.807, 2.05) is 13.8 Å². The van der Waals surface area contributed by atoms with Crippen LogP contribution in [0.1, 0.15) is 19.4 Å². The molecule has 0 aromatic heterocycles. The number of nitrogens with zero attached hydrogens (tertiary/aromatic N) is 1. The van der Waals surface area contributed by atoms with E-state index in [0.717, 1.165) is 9.87 Å². The Bertz CT molecular complexity index is 831. The van der Waals surface area contributed by atoms with Gasteiger partial charge in [0.15, 0.2) is 0 Å². The van der Waals surface area contributed by atoms with E-state index in [9.17, 15) is 13.2 Å². The Labute approximate surface area is 154 Å². The van der Waals surface area contributed by atoms with Gasteiger partial charge in [0.2, 0.25) is 5.91 Å². The van der Waals surface area contributed by atoms with Crippen LogP contribution in [0.4, 0.5) is 5.69 Å². The molecule has 0 radical (unpaired) electrons. The van der Waals surface area contributed by atoms with Gasteiger partial charge in [-0.15, -0.1) is 0 Å². The predicted octanol–water partition coefficient (Wildman–Crippen LogP) is 2.73. The molecule has 0 bridgehead atoms. The summed E-state index contributed by atoms with van der Waals surface area (Å²) in [6, 6.07) is 13.2. The van der Waals surface area contributed by atoms with E-state index in [0.29, 0.717) is 24.6 Å². The largest absolute Gasteiger partial charge is 0.494 e. The highest BCUT2D eigenvalue weighted by Gasteiger charge is 2.27. The number of aryl methyl sites for hydroxylation is 1. The average Bonchev–Trinajstić information content (AvgIpc) is 2.61. The number of amides is 1. The molecule has 140 valence electrons. The predicted molar refractivity (Wildman–Crippen MR) is 102 cm³/mol. The van der Waals surface area contributed by atoms with Crippen LogP contribution in [-0.2, 0) is 14.8 Å². The maximum atomic E-state index is 13.1. The van der Waals surface area contributed by atoms with E-state index in [1.165, 1.54) is 0 Å². The van der Waals surface area contributed by atoms with Crippen LogP contribution < -0.4 is 14.4 Å². The van der Waals surface area contributed by atoms with E-state index in [1.54, 1.807) is 55.5 Å². The molecule has 0 saturated heterocycles. The molecule has 0 heterocycles. The minimum absolute atomic E-state index is 0.140.